The van der Waals surface area contributed by atoms with Gasteiger partial charge in [0.15, 0.2) is 0 Å². The van der Waals surface area contributed by atoms with Crippen LogP contribution in [0.15, 0.2) is 24.5 Å². The quantitative estimate of drug-likeness (QED) is 0.679. The molecule has 0 radical (unpaired) electrons. The van der Waals surface area contributed by atoms with Crippen LogP contribution in [0.5, 0.6) is 0 Å². The van der Waals surface area contributed by atoms with Crippen molar-refractivity contribution in [1.29, 1.82) is 5.26 Å². The molecule has 0 aliphatic rings. The molecule has 0 aromatic carbocycles. The minimum atomic E-state index is 0.134. The molecule has 1 heterocycles. The van der Waals surface area contributed by atoms with Crippen LogP contribution in [0.25, 0.3) is 0 Å². The fourth-order valence-electron chi connectivity index (χ4n) is 1.08. The lowest BCUT2D eigenvalue weighted by molar-refractivity contribution is 0.637. The molecule has 1 aromatic heterocycles. The summed E-state index contributed by atoms with van der Waals surface area (Å²) in [5.74, 6) is 0.134. The van der Waals surface area contributed by atoms with Crippen molar-refractivity contribution in [3.05, 3.63) is 30.1 Å². The average Bonchev–Trinajstić information content (AvgIpc) is 2.16. The molecular weight excluding hydrogens is 148 g/mol. The van der Waals surface area contributed by atoms with E-state index in [9.17, 15) is 0 Å². The van der Waals surface area contributed by atoms with E-state index in [0.717, 1.165) is 18.4 Å². The van der Waals surface area contributed by atoms with E-state index in [-0.39, 0.29) is 5.92 Å². The first-order valence-electron chi connectivity index (χ1n) is 4.15. The van der Waals surface area contributed by atoms with E-state index in [0.29, 0.717) is 0 Å². The van der Waals surface area contributed by atoms with Crippen molar-refractivity contribution in [3.63, 3.8) is 0 Å². The first-order chi connectivity index (χ1) is 5.86. The highest BCUT2D eigenvalue weighted by Crippen LogP contribution is 2.09. The Morgan fingerprint density at radius 2 is 2.50 bits per heavy atom. The van der Waals surface area contributed by atoms with Gasteiger partial charge in [0, 0.05) is 12.4 Å². The van der Waals surface area contributed by atoms with Crippen LogP contribution in [-0.2, 0) is 6.42 Å². The van der Waals surface area contributed by atoms with Crippen molar-refractivity contribution in [2.24, 2.45) is 5.92 Å². The van der Waals surface area contributed by atoms with Crippen LogP contribution >= 0.6 is 0 Å². The number of nitrogens with zero attached hydrogens (tertiary/aromatic N) is 2. The zero-order valence-corrected chi connectivity index (χ0v) is 7.20. The van der Waals surface area contributed by atoms with Gasteiger partial charge in [0.2, 0.25) is 0 Å². The molecule has 0 fully saturated rings. The summed E-state index contributed by atoms with van der Waals surface area (Å²) in [6.07, 6.45) is 5.29. The molecule has 1 atom stereocenters. The van der Waals surface area contributed by atoms with Crippen LogP contribution < -0.4 is 0 Å². The fourth-order valence-corrected chi connectivity index (χ4v) is 1.08. The zero-order valence-electron chi connectivity index (χ0n) is 7.20. The van der Waals surface area contributed by atoms with E-state index in [1.165, 1.54) is 0 Å². The molecule has 0 aliphatic carbocycles. The SMILES string of the molecule is CCC(C#N)Cc1cccnc1. The third-order valence-electron chi connectivity index (χ3n) is 1.88. The molecule has 1 aromatic rings. The molecule has 0 amide bonds. The van der Waals surface area contributed by atoms with Crippen molar-refractivity contribution in [2.75, 3.05) is 0 Å². The van der Waals surface area contributed by atoms with Crippen LogP contribution in [0.2, 0.25) is 0 Å². The predicted molar refractivity (Wildman–Crippen MR) is 47.3 cm³/mol. The Kier molecular flexibility index (Phi) is 3.28. The number of hydrogen-bond donors (Lipinski definition) is 0. The van der Waals surface area contributed by atoms with Gasteiger partial charge < -0.3 is 0 Å². The third-order valence-corrected chi connectivity index (χ3v) is 1.88. The maximum absolute atomic E-state index is 8.72. The minimum Gasteiger partial charge on any atom is -0.264 e. The number of rotatable bonds is 3. The van der Waals surface area contributed by atoms with Crippen molar-refractivity contribution < 1.29 is 0 Å². The molecule has 0 N–H and O–H groups in total. The number of nitriles is 1. The second-order valence-corrected chi connectivity index (χ2v) is 2.80. The second-order valence-electron chi connectivity index (χ2n) is 2.80. The Hall–Kier alpha value is -1.36. The Labute approximate surface area is 72.9 Å². The maximum Gasteiger partial charge on any atom is 0.0659 e. The largest absolute Gasteiger partial charge is 0.264 e. The van der Waals surface area contributed by atoms with Gasteiger partial charge in [-0.1, -0.05) is 13.0 Å². The molecule has 2 nitrogen and oxygen atoms in total. The summed E-state index contributed by atoms with van der Waals surface area (Å²) in [6, 6.07) is 6.18. The second kappa shape index (κ2) is 4.50. The predicted octanol–water partition coefficient (Wildman–Crippen LogP) is 2.17. The van der Waals surface area contributed by atoms with Crippen LogP contribution in [0, 0.1) is 17.2 Å². The van der Waals surface area contributed by atoms with Crippen molar-refractivity contribution in [2.45, 2.75) is 19.8 Å². The lowest BCUT2D eigenvalue weighted by atomic mass is 10.00. The van der Waals surface area contributed by atoms with Gasteiger partial charge in [0.1, 0.15) is 0 Å². The maximum atomic E-state index is 8.72. The van der Waals surface area contributed by atoms with E-state index in [2.05, 4.69) is 11.1 Å². The first kappa shape index (κ1) is 8.73. The highest BCUT2D eigenvalue weighted by atomic mass is 14.6. The summed E-state index contributed by atoms with van der Waals surface area (Å²) in [5, 5.41) is 8.72. The highest BCUT2D eigenvalue weighted by Gasteiger charge is 2.04. The molecule has 1 rings (SSSR count). The van der Waals surface area contributed by atoms with Gasteiger partial charge in [-0.25, -0.2) is 0 Å². The Balaban J connectivity index is 2.58. The topological polar surface area (TPSA) is 36.7 Å². The summed E-state index contributed by atoms with van der Waals surface area (Å²) in [4.78, 5) is 4.00. The monoisotopic (exact) mass is 160 g/mol. The lowest BCUT2D eigenvalue weighted by Gasteiger charge is -2.03. The van der Waals surface area contributed by atoms with Crippen LogP contribution in [0.1, 0.15) is 18.9 Å². The van der Waals surface area contributed by atoms with Crippen LogP contribution in [-0.4, -0.2) is 4.98 Å². The van der Waals surface area contributed by atoms with Crippen LogP contribution in [0.3, 0.4) is 0 Å². The van der Waals surface area contributed by atoms with Crippen molar-refractivity contribution in [3.8, 4) is 6.07 Å². The van der Waals surface area contributed by atoms with E-state index >= 15 is 0 Å². The van der Waals surface area contributed by atoms with Gasteiger partial charge in [-0.15, -0.1) is 0 Å². The van der Waals surface area contributed by atoms with Gasteiger partial charge >= 0.3 is 0 Å². The Morgan fingerprint density at radius 3 is 3.00 bits per heavy atom. The standard InChI is InChI=1S/C10H12N2/c1-2-9(7-11)6-10-4-3-5-12-8-10/h3-5,8-9H,2,6H2,1H3. The summed E-state index contributed by atoms with van der Waals surface area (Å²) in [7, 11) is 0. The summed E-state index contributed by atoms with van der Waals surface area (Å²) in [5.41, 5.74) is 1.14. The van der Waals surface area contributed by atoms with Gasteiger partial charge in [0.25, 0.3) is 0 Å². The Bertz CT molecular complexity index is 261. The number of aromatic nitrogens is 1. The van der Waals surface area contributed by atoms with E-state index < -0.39 is 0 Å². The molecule has 12 heavy (non-hydrogen) atoms. The molecule has 0 aliphatic heterocycles. The fraction of sp³-hybridized carbons (Fsp3) is 0.400. The molecule has 0 spiro atoms. The smallest absolute Gasteiger partial charge is 0.0659 e. The molecular formula is C10H12N2. The summed E-state index contributed by atoms with van der Waals surface area (Å²) in [6.45, 7) is 2.03. The summed E-state index contributed by atoms with van der Waals surface area (Å²) >= 11 is 0. The molecule has 0 saturated heterocycles. The third kappa shape index (κ3) is 2.35. The van der Waals surface area contributed by atoms with E-state index in [4.69, 9.17) is 5.26 Å². The van der Waals surface area contributed by atoms with Gasteiger partial charge in [-0.3, -0.25) is 4.98 Å². The van der Waals surface area contributed by atoms with Gasteiger partial charge in [0.05, 0.1) is 12.0 Å². The molecule has 0 saturated carbocycles. The number of hydrogen-bond acceptors (Lipinski definition) is 2. The normalized spacial score (nSPS) is 12.0. The van der Waals surface area contributed by atoms with Crippen LogP contribution in [0.4, 0.5) is 0 Å². The zero-order chi connectivity index (χ0) is 8.81. The number of pyridine rings is 1. The molecule has 0 bridgehead atoms. The molecule has 2 heteroatoms. The van der Waals surface area contributed by atoms with E-state index in [1.54, 1.807) is 6.20 Å². The highest BCUT2D eigenvalue weighted by molar-refractivity contribution is 5.10. The van der Waals surface area contributed by atoms with Crippen molar-refractivity contribution in [1.82, 2.24) is 4.98 Å². The first-order valence-corrected chi connectivity index (χ1v) is 4.15. The average molecular weight is 160 g/mol. The minimum absolute atomic E-state index is 0.134. The van der Waals surface area contributed by atoms with Gasteiger partial charge in [-0.2, -0.15) is 5.26 Å². The Morgan fingerprint density at radius 1 is 1.67 bits per heavy atom. The summed E-state index contributed by atoms with van der Waals surface area (Å²) < 4.78 is 0. The molecule has 1 unspecified atom stereocenters. The van der Waals surface area contributed by atoms with Crippen molar-refractivity contribution >= 4 is 0 Å². The van der Waals surface area contributed by atoms with E-state index in [1.807, 2.05) is 25.3 Å². The van der Waals surface area contributed by atoms with Gasteiger partial charge in [-0.05, 0) is 24.5 Å². The lowest BCUT2D eigenvalue weighted by Crippen LogP contribution is -1.99. The molecule has 62 valence electrons.